The highest BCUT2D eigenvalue weighted by Crippen LogP contribution is 2.33. The lowest BCUT2D eigenvalue weighted by Crippen LogP contribution is -2.40. The van der Waals surface area contributed by atoms with Crippen molar-refractivity contribution in [2.24, 2.45) is 4.99 Å². The molecule has 3 rings (SSSR count). The summed E-state index contributed by atoms with van der Waals surface area (Å²) in [6, 6.07) is 11.7. The second-order valence-corrected chi connectivity index (χ2v) is 7.01. The first-order valence-corrected chi connectivity index (χ1v) is 9.58. The molecule has 0 spiro atoms. The standard InChI is InChI=1S/C20H21FN2O3S/c1-25-15-8-9-18(26-2)17(13-15)22-20-23(10-5-11-27-20)19(24)12-14-6-3-4-7-16(14)21/h3-4,6-9,13H,5,10-12H2,1-2H3. The third-order valence-electron chi connectivity index (χ3n) is 4.19. The molecule has 0 saturated carbocycles. The minimum absolute atomic E-state index is 0.00149. The summed E-state index contributed by atoms with van der Waals surface area (Å²) in [6.07, 6.45) is 0.865. The molecular formula is C20H21FN2O3S. The zero-order valence-electron chi connectivity index (χ0n) is 15.3. The Morgan fingerprint density at radius 2 is 2.04 bits per heavy atom. The number of ether oxygens (including phenoxy) is 2. The molecule has 0 aromatic heterocycles. The molecule has 1 saturated heterocycles. The fourth-order valence-electron chi connectivity index (χ4n) is 2.77. The van der Waals surface area contributed by atoms with Gasteiger partial charge in [0.05, 0.1) is 20.6 Å². The number of carbonyl (C=O) groups excluding carboxylic acids is 1. The van der Waals surface area contributed by atoms with Crippen molar-refractivity contribution in [3.05, 3.63) is 53.8 Å². The van der Waals surface area contributed by atoms with Gasteiger partial charge in [-0.15, -0.1) is 0 Å². The van der Waals surface area contributed by atoms with Crippen molar-refractivity contribution in [1.82, 2.24) is 4.90 Å². The van der Waals surface area contributed by atoms with Gasteiger partial charge in [-0.05, 0) is 30.2 Å². The lowest BCUT2D eigenvalue weighted by Gasteiger charge is -2.28. The summed E-state index contributed by atoms with van der Waals surface area (Å²) in [6.45, 7) is 0.561. The summed E-state index contributed by atoms with van der Waals surface area (Å²) in [5.74, 6) is 1.57. The van der Waals surface area contributed by atoms with Crippen LogP contribution in [0, 0.1) is 5.82 Å². The van der Waals surface area contributed by atoms with Gasteiger partial charge in [0.15, 0.2) is 5.17 Å². The number of hydrogen-bond donors (Lipinski definition) is 0. The van der Waals surface area contributed by atoms with Gasteiger partial charge < -0.3 is 9.47 Å². The minimum Gasteiger partial charge on any atom is -0.497 e. The highest BCUT2D eigenvalue weighted by molar-refractivity contribution is 8.13. The molecule has 1 heterocycles. The monoisotopic (exact) mass is 388 g/mol. The largest absolute Gasteiger partial charge is 0.497 e. The van der Waals surface area contributed by atoms with E-state index in [1.165, 1.54) is 17.8 Å². The summed E-state index contributed by atoms with van der Waals surface area (Å²) in [7, 11) is 3.15. The number of carbonyl (C=O) groups is 1. The Morgan fingerprint density at radius 1 is 1.22 bits per heavy atom. The summed E-state index contributed by atoms with van der Waals surface area (Å²) in [5, 5.41) is 0.592. The van der Waals surface area contributed by atoms with E-state index in [4.69, 9.17) is 9.47 Å². The van der Waals surface area contributed by atoms with Crippen LogP contribution in [0.3, 0.4) is 0 Å². The number of aliphatic imine (C=N–C) groups is 1. The van der Waals surface area contributed by atoms with Gasteiger partial charge in [0.1, 0.15) is 23.0 Å². The van der Waals surface area contributed by atoms with Crippen LogP contribution in [-0.2, 0) is 11.2 Å². The molecule has 0 aliphatic carbocycles. The first-order chi connectivity index (χ1) is 13.1. The number of amides is 1. The molecule has 142 valence electrons. The van der Waals surface area contributed by atoms with Crippen molar-refractivity contribution in [1.29, 1.82) is 0 Å². The molecule has 1 aliphatic heterocycles. The molecule has 1 fully saturated rings. The van der Waals surface area contributed by atoms with E-state index >= 15 is 0 Å². The second kappa shape index (κ2) is 8.90. The summed E-state index contributed by atoms with van der Waals surface area (Å²) >= 11 is 1.51. The molecule has 1 amide bonds. The van der Waals surface area contributed by atoms with Gasteiger partial charge in [-0.1, -0.05) is 30.0 Å². The number of halogens is 1. The van der Waals surface area contributed by atoms with Gasteiger partial charge >= 0.3 is 0 Å². The van der Waals surface area contributed by atoms with Crippen LogP contribution in [0.25, 0.3) is 0 Å². The number of hydrogen-bond acceptors (Lipinski definition) is 5. The average Bonchev–Trinajstić information content (AvgIpc) is 2.70. The fraction of sp³-hybridized carbons (Fsp3) is 0.300. The first kappa shape index (κ1) is 19.2. The van der Waals surface area contributed by atoms with Crippen molar-refractivity contribution >= 4 is 28.5 Å². The molecule has 5 nitrogen and oxygen atoms in total. The Labute approximate surface area is 162 Å². The second-order valence-electron chi connectivity index (χ2n) is 5.95. The molecular weight excluding hydrogens is 367 g/mol. The smallest absolute Gasteiger partial charge is 0.233 e. The third-order valence-corrected chi connectivity index (χ3v) is 5.25. The molecule has 2 aromatic carbocycles. The normalized spacial score (nSPS) is 15.7. The molecule has 0 radical (unpaired) electrons. The van der Waals surface area contributed by atoms with Gasteiger partial charge in [0.25, 0.3) is 0 Å². The van der Waals surface area contributed by atoms with Crippen molar-refractivity contribution in [2.75, 3.05) is 26.5 Å². The van der Waals surface area contributed by atoms with Gasteiger partial charge in [-0.25, -0.2) is 9.38 Å². The topological polar surface area (TPSA) is 51.1 Å². The van der Waals surface area contributed by atoms with Crippen molar-refractivity contribution in [3.8, 4) is 11.5 Å². The SMILES string of the molecule is COc1ccc(OC)c(N=C2SCCCN2C(=O)Cc2ccccc2F)c1. The van der Waals surface area contributed by atoms with Crippen molar-refractivity contribution in [3.63, 3.8) is 0 Å². The first-order valence-electron chi connectivity index (χ1n) is 8.59. The molecule has 27 heavy (non-hydrogen) atoms. The van der Waals surface area contributed by atoms with Crippen LogP contribution in [0.1, 0.15) is 12.0 Å². The van der Waals surface area contributed by atoms with Crippen molar-refractivity contribution < 1.29 is 18.7 Å². The number of amidine groups is 1. The minimum atomic E-state index is -0.372. The Balaban J connectivity index is 1.88. The van der Waals surface area contributed by atoms with Crippen molar-refractivity contribution in [2.45, 2.75) is 12.8 Å². The van der Waals surface area contributed by atoms with Crippen LogP contribution in [0.5, 0.6) is 11.5 Å². The van der Waals surface area contributed by atoms with Crippen LogP contribution in [-0.4, -0.2) is 42.5 Å². The fourth-order valence-corrected chi connectivity index (χ4v) is 3.74. The lowest BCUT2D eigenvalue weighted by molar-refractivity contribution is -0.126. The predicted octanol–water partition coefficient (Wildman–Crippen LogP) is 4.04. The van der Waals surface area contributed by atoms with E-state index in [2.05, 4.69) is 4.99 Å². The Kier molecular flexibility index (Phi) is 6.34. The summed E-state index contributed by atoms with van der Waals surface area (Å²) in [5.41, 5.74) is 0.973. The number of methoxy groups -OCH3 is 2. The number of benzene rings is 2. The van der Waals surface area contributed by atoms with Crippen LogP contribution in [0.15, 0.2) is 47.5 Å². The Bertz CT molecular complexity index is 857. The van der Waals surface area contributed by atoms with Crippen LogP contribution < -0.4 is 9.47 Å². The van der Waals surface area contributed by atoms with Gasteiger partial charge in [0.2, 0.25) is 5.91 Å². The molecule has 0 N–H and O–H groups in total. The maximum absolute atomic E-state index is 13.9. The lowest BCUT2D eigenvalue weighted by atomic mass is 10.1. The van der Waals surface area contributed by atoms with Crippen LogP contribution in [0.2, 0.25) is 0 Å². The Hall–Kier alpha value is -2.54. The highest BCUT2D eigenvalue weighted by Gasteiger charge is 2.25. The third kappa shape index (κ3) is 4.60. The molecule has 0 atom stereocenters. The molecule has 2 aromatic rings. The predicted molar refractivity (Wildman–Crippen MR) is 106 cm³/mol. The van der Waals surface area contributed by atoms with Crippen LogP contribution >= 0.6 is 11.8 Å². The molecule has 0 bridgehead atoms. The van der Waals surface area contributed by atoms with E-state index < -0.39 is 0 Å². The number of nitrogens with zero attached hydrogens (tertiary/aromatic N) is 2. The maximum atomic E-state index is 13.9. The van der Waals surface area contributed by atoms with E-state index in [0.717, 1.165) is 12.2 Å². The summed E-state index contributed by atoms with van der Waals surface area (Å²) in [4.78, 5) is 19.1. The van der Waals surface area contributed by atoms with Gasteiger partial charge in [-0.3, -0.25) is 9.69 Å². The van der Waals surface area contributed by atoms with E-state index in [0.29, 0.717) is 34.5 Å². The average molecular weight is 388 g/mol. The van der Waals surface area contributed by atoms with Gasteiger partial charge in [0, 0.05) is 18.4 Å². The highest BCUT2D eigenvalue weighted by atomic mass is 32.2. The Morgan fingerprint density at radius 3 is 2.78 bits per heavy atom. The number of thioether (sulfide) groups is 1. The maximum Gasteiger partial charge on any atom is 0.233 e. The zero-order valence-corrected chi connectivity index (χ0v) is 16.1. The molecule has 0 unspecified atom stereocenters. The molecule has 7 heteroatoms. The summed E-state index contributed by atoms with van der Waals surface area (Å²) < 4.78 is 24.5. The van der Waals surface area contributed by atoms with E-state index in [9.17, 15) is 9.18 Å². The van der Waals surface area contributed by atoms with E-state index in [-0.39, 0.29) is 18.1 Å². The van der Waals surface area contributed by atoms with Crippen LogP contribution in [0.4, 0.5) is 10.1 Å². The van der Waals surface area contributed by atoms with E-state index in [1.54, 1.807) is 55.5 Å². The number of rotatable bonds is 5. The van der Waals surface area contributed by atoms with E-state index in [1.807, 2.05) is 0 Å². The van der Waals surface area contributed by atoms with Gasteiger partial charge in [-0.2, -0.15) is 0 Å². The zero-order chi connectivity index (χ0) is 19.2. The molecule has 1 aliphatic rings. The quantitative estimate of drug-likeness (QED) is 0.776.